The fraction of sp³-hybridized carbons (Fsp3) is 0.533. The predicted octanol–water partition coefficient (Wildman–Crippen LogP) is 2.34. The molecule has 1 saturated heterocycles. The first-order valence-electron chi connectivity index (χ1n) is 6.71. The van der Waals surface area contributed by atoms with Gasteiger partial charge in [0.15, 0.2) is 0 Å². The molecule has 0 spiro atoms. The van der Waals surface area contributed by atoms with Gasteiger partial charge in [-0.05, 0) is 44.4 Å². The first kappa shape index (κ1) is 16.0. The van der Waals surface area contributed by atoms with E-state index in [1.165, 1.54) is 16.7 Å². The quantitative estimate of drug-likeness (QED) is 0.893. The third-order valence-corrected chi connectivity index (χ3v) is 3.62. The van der Waals surface area contributed by atoms with Crippen molar-refractivity contribution >= 4 is 18.3 Å². The molecular weight excluding hydrogens is 260 g/mol. The Kier molecular flexibility index (Phi) is 6.32. The smallest absolute Gasteiger partial charge is 0.224 e. The topological polar surface area (TPSA) is 41.1 Å². The van der Waals surface area contributed by atoms with Crippen LogP contribution in [0.25, 0.3) is 0 Å². The van der Waals surface area contributed by atoms with E-state index in [9.17, 15) is 4.79 Å². The third-order valence-electron chi connectivity index (χ3n) is 3.62. The summed E-state index contributed by atoms with van der Waals surface area (Å²) in [6.07, 6.45) is 2.10. The number of carbonyl (C=O) groups is 1. The second kappa shape index (κ2) is 7.51. The molecule has 2 N–H and O–H groups in total. The number of rotatable bonds is 3. The Hall–Kier alpha value is -1.06. The highest BCUT2D eigenvalue weighted by molar-refractivity contribution is 5.85. The Morgan fingerprint density at radius 3 is 2.84 bits per heavy atom. The van der Waals surface area contributed by atoms with Crippen molar-refractivity contribution in [2.75, 3.05) is 13.1 Å². The molecule has 1 aliphatic heterocycles. The van der Waals surface area contributed by atoms with Crippen LogP contribution in [0.15, 0.2) is 18.2 Å². The van der Waals surface area contributed by atoms with Crippen LogP contribution < -0.4 is 10.6 Å². The molecule has 1 aromatic rings. The van der Waals surface area contributed by atoms with E-state index in [-0.39, 0.29) is 24.2 Å². The number of aryl methyl sites for hydroxylation is 2. The molecule has 0 radical (unpaired) electrons. The lowest BCUT2D eigenvalue weighted by Gasteiger charge is -2.22. The molecule has 1 unspecified atom stereocenters. The van der Waals surface area contributed by atoms with E-state index in [1.54, 1.807) is 0 Å². The van der Waals surface area contributed by atoms with Crippen LogP contribution in [0.1, 0.15) is 29.5 Å². The van der Waals surface area contributed by atoms with E-state index >= 15 is 0 Å². The number of nitrogens with one attached hydrogen (secondary N) is 2. The van der Waals surface area contributed by atoms with Crippen LogP contribution in [0.3, 0.4) is 0 Å². The molecule has 2 rings (SSSR count). The van der Waals surface area contributed by atoms with Gasteiger partial charge in [0.05, 0.1) is 5.92 Å². The molecule has 0 aliphatic carbocycles. The van der Waals surface area contributed by atoms with Crippen LogP contribution in [-0.2, 0) is 11.3 Å². The summed E-state index contributed by atoms with van der Waals surface area (Å²) in [4.78, 5) is 12.0. The van der Waals surface area contributed by atoms with Gasteiger partial charge in [0.25, 0.3) is 0 Å². The summed E-state index contributed by atoms with van der Waals surface area (Å²) >= 11 is 0. The summed E-state index contributed by atoms with van der Waals surface area (Å²) in [6, 6.07) is 6.35. The van der Waals surface area contributed by atoms with Crippen LogP contribution in [0, 0.1) is 19.8 Å². The highest BCUT2D eigenvalue weighted by Gasteiger charge is 2.20. The number of amides is 1. The zero-order chi connectivity index (χ0) is 13.0. The maximum absolute atomic E-state index is 12.0. The third kappa shape index (κ3) is 4.51. The van der Waals surface area contributed by atoms with E-state index in [4.69, 9.17) is 0 Å². The van der Waals surface area contributed by atoms with Crippen molar-refractivity contribution in [3.8, 4) is 0 Å². The fourth-order valence-corrected chi connectivity index (χ4v) is 2.45. The standard InChI is InChI=1S/C15H22N2O.ClH/c1-11-5-6-13(12(2)8-11)10-17-15(18)14-4-3-7-16-9-14;/h5-6,8,14,16H,3-4,7,9-10H2,1-2H3,(H,17,18);1H. The highest BCUT2D eigenvalue weighted by atomic mass is 35.5. The summed E-state index contributed by atoms with van der Waals surface area (Å²) in [5, 5.41) is 6.32. The van der Waals surface area contributed by atoms with Gasteiger partial charge in [-0.1, -0.05) is 23.8 Å². The van der Waals surface area contributed by atoms with Gasteiger partial charge in [0.2, 0.25) is 5.91 Å². The average Bonchev–Trinajstić information content (AvgIpc) is 2.38. The minimum Gasteiger partial charge on any atom is -0.352 e. The number of carbonyl (C=O) groups excluding carboxylic acids is 1. The molecule has 3 nitrogen and oxygen atoms in total. The minimum atomic E-state index is 0. The second-order valence-electron chi connectivity index (χ2n) is 5.19. The van der Waals surface area contributed by atoms with Gasteiger partial charge in [0.1, 0.15) is 0 Å². The van der Waals surface area contributed by atoms with Gasteiger partial charge >= 0.3 is 0 Å². The molecular formula is C15H23ClN2O. The lowest BCUT2D eigenvalue weighted by molar-refractivity contribution is -0.125. The van der Waals surface area contributed by atoms with Crippen molar-refractivity contribution in [1.82, 2.24) is 10.6 Å². The molecule has 1 atom stereocenters. The molecule has 19 heavy (non-hydrogen) atoms. The van der Waals surface area contributed by atoms with Crippen LogP contribution in [0.4, 0.5) is 0 Å². The van der Waals surface area contributed by atoms with E-state index in [0.717, 1.165) is 25.9 Å². The van der Waals surface area contributed by atoms with Crippen molar-refractivity contribution in [3.63, 3.8) is 0 Å². The number of hydrogen-bond donors (Lipinski definition) is 2. The van der Waals surface area contributed by atoms with Crippen LogP contribution >= 0.6 is 12.4 Å². The summed E-state index contributed by atoms with van der Waals surface area (Å²) in [5.41, 5.74) is 3.72. The summed E-state index contributed by atoms with van der Waals surface area (Å²) in [7, 11) is 0. The van der Waals surface area contributed by atoms with Crippen LogP contribution in [0.5, 0.6) is 0 Å². The Morgan fingerprint density at radius 2 is 2.21 bits per heavy atom. The SMILES string of the molecule is Cc1ccc(CNC(=O)C2CCCNC2)c(C)c1.Cl. The van der Waals surface area contributed by atoms with Crippen molar-refractivity contribution in [2.24, 2.45) is 5.92 Å². The zero-order valence-electron chi connectivity index (χ0n) is 11.7. The van der Waals surface area contributed by atoms with E-state index in [2.05, 4.69) is 42.7 Å². The van der Waals surface area contributed by atoms with Gasteiger partial charge < -0.3 is 10.6 Å². The number of benzene rings is 1. The molecule has 4 heteroatoms. The zero-order valence-corrected chi connectivity index (χ0v) is 12.5. The monoisotopic (exact) mass is 282 g/mol. The first-order valence-corrected chi connectivity index (χ1v) is 6.71. The maximum atomic E-state index is 12.0. The van der Waals surface area contributed by atoms with Crippen molar-refractivity contribution in [2.45, 2.75) is 33.2 Å². The fourth-order valence-electron chi connectivity index (χ4n) is 2.45. The van der Waals surface area contributed by atoms with Gasteiger partial charge in [-0.25, -0.2) is 0 Å². The highest BCUT2D eigenvalue weighted by Crippen LogP contribution is 2.12. The Balaban J connectivity index is 0.00000180. The van der Waals surface area contributed by atoms with Gasteiger partial charge in [-0.2, -0.15) is 0 Å². The summed E-state index contributed by atoms with van der Waals surface area (Å²) in [6.45, 7) is 6.68. The second-order valence-corrected chi connectivity index (χ2v) is 5.19. The van der Waals surface area contributed by atoms with E-state index in [0.29, 0.717) is 6.54 Å². The molecule has 106 valence electrons. The lowest BCUT2D eigenvalue weighted by Crippen LogP contribution is -2.40. The molecule has 0 aromatic heterocycles. The Labute approximate surface area is 121 Å². The van der Waals surface area contributed by atoms with Gasteiger partial charge in [-0.15, -0.1) is 12.4 Å². The van der Waals surface area contributed by atoms with Crippen molar-refractivity contribution < 1.29 is 4.79 Å². The van der Waals surface area contributed by atoms with Gasteiger partial charge in [-0.3, -0.25) is 4.79 Å². The van der Waals surface area contributed by atoms with Crippen LogP contribution in [-0.4, -0.2) is 19.0 Å². The Morgan fingerprint density at radius 1 is 1.42 bits per heavy atom. The molecule has 0 bridgehead atoms. The molecule has 1 aliphatic rings. The molecule has 1 fully saturated rings. The normalized spacial score (nSPS) is 18.5. The first-order chi connectivity index (χ1) is 8.66. The molecule has 1 amide bonds. The number of piperidine rings is 1. The predicted molar refractivity (Wildman–Crippen MR) is 80.6 cm³/mol. The lowest BCUT2D eigenvalue weighted by atomic mass is 9.98. The minimum absolute atomic E-state index is 0. The Bertz CT molecular complexity index is 428. The van der Waals surface area contributed by atoms with Crippen molar-refractivity contribution in [1.29, 1.82) is 0 Å². The van der Waals surface area contributed by atoms with Crippen molar-refractivity contribution in [3.05, 3.63) is 34.9 Å². The number of hydrogen-bond acceptors (Lipinski definition) is 2. The maximum Gasteiger partial charge on any atom is 0.224 e. The van der Waals surface area contributed by atoms with Gasteiger partial charge in [0, 0.05) is 13.1 Å². The summed E-state index contributed by atoms with van der Waals surface area (Å²) < 4.78 is 0. The number of halogens is 1. The largest absolute Gasteiger partial charge is 0.352 e. The van der Waals surface area contributed by atoms with E-state index in [1.807, 2.05) is 0 Å². The average molecular weight is 283 g/mol. The molecule has 1 heterocycles. The molecule has 1 aromatic carbocycles. The van der Waals surface area contributed by atoms with Crippen LogP contribution in [0.2, 0.25) is 0 Å². The molecule has 0 saturated carbocycles. The summed E-state index contributed by atoms with van der Waals surface area (Å²) in [5.74, 6) is 0.326. The van der Waals surface area contributed by atoms with E-state index < -0.39 is 0 Å².